The van der Waals surface area contributed by atoms with E-state index < -0.39 is 0 Å². The Balaban J connectivity index is 1.46. The van der Waals surface area contributed by atoms with Crippen LogP contribution in [0.2, 0.25) is 0 Å². The van der Waals surface area contributed by atoms with Crippen LogP contribution in [0, 0.1) is 0 Å². The van der Waals surface area contributed by atoms with Crippen molar-refractivity contribution in [2.45, 2.75) is 13.0 Å². The van der Waals surface area contributed by atoms with Crippen molar-refractivity contribution in [1.82, 2.24) is 25.0 Å². The van der Waals surface area contributed by atoms with Crippen LogP contribution >= 0.6 is 11.3 Å². The lowest BCUT2D eigenvalue weighted by atomic mass is 10.1. The number of piperazine rings is 1. The Morgan fingerprint density at radius 3 is 2.87 bits per heavy atom. The van der Waals surface area contributed by atoms with Gasteiger partial charge in [-0.2, -0.15) is 0 Å². The van der Waals surface area contributed by atoms with E-state index >= 15 is 0 Å². The number of carbonyl (C=O) groups excluding carboxylic acids is 1. The van der Waals surface area contributed by atoms with Crippen molar-refractivity contribution in [3.63, 3.8) is 0 Å². The molecule has 0 unspecified atom stereocenters. The maximum Gasteiger partial charge on any atom is 0.240 e. The van der Waals surface area contributed by atoms with Crippen molar-refractivity contribution in [2.24, 2.45) is 0 Å². The number of pyridine rings is 1. The van der Waals surface area contributed by atoms with Crippen LogP contribution in [-0.4, -0.2) is 63.6 Å². The molecule has 2 aromatic heterocycles. The third kappa shape index (κ3) is 4.31. The number of hydrogen-bond donors (Lipinski definition) is 1. The molecule has 0 radical (unpaired) electrons. The summed E-state index contributed by atoms with van der Waals surface area (Å²) in [5, 5.41) is 10.9. The number of anilines is 1. The van der Waals surface area contributed by atoms with Crippen molar-refractivity contribution in [2.75, 3.05) is 38.0 Å². The predicted octanol–water partition coefficient (Wildman–Crippen LogP) is 1.25. The van der Waals surface area contributed by atoms with Gasteiger partial charge in [-0.25, -0.2) is 0 Å². The van der Waals surface area contributed by atoms with Crippen LogP contribution in [0.5, 0.6) is 0 Å². The first-order valence-corrected chi connectivity index (χ1v) is 8.52. The molecule has 3 rings (SSSR count). The average molecular weight is 332 g/mol. The summed E-state index contributed by atoms with van der Waals surface area (Å²) in [6.45, 7) is 6.26. The number of carbonyl (C=O) groups is 1. The van der Waals surface area contributed by atoms with E-state index in [0.29, 0.717) is 17.7 Å². The second kappa shape index (κ2) is 7.58. The summed E-state index contributed by atoms with van der Waals surface area (Å²) in [4.78, 5) is 20.8. The van der Waals surface area contributed by atoms with E-state index in [9.17, 15) is 4.79 Å². The molecule has 2 aromatic rings. The number of rotatable bonds is 5. The second-order valence-corrected chi connectivity index (χ2v) is 6.40. The normalized spacial score (nSPS) is 17.8. The van der Waals surface area contributed by atoms with E-state index in [1.165, 1.54) is 16.9 Å². The van der Waals surface area contributed by atoms with Gasteiger partial charge < -0.3 is 0 Å². The molecule has 122 valence electrons. The van der Waals surface area contributed by atoms with Crippen LogP contribution in [-0.2, 0) is 4.79 Å². The molecule has 1 saturated heterocycles. The Bertz CT molecular complexity index is 612. The van der Waals surface area contributed by atoms with Gasteiger partial charge in [-0.15, -0.1) is 10.2 Å². The molecule has 1 fully saturated rings. The third-order valence-corrected chi connectivity index (χ3v) is 4.70. The molecule has 1 N–H and O–H groups in total. The highest BCUT2D eigenvalue weighted by molar-refractivity contribution is 7.13. The SMILES string of the molecule is C[C@@H](c1cccnc1)N1CCN(CC(=O)Nc2nncs2)CC1. The second-order valence-electron chi connectivity index (χ2n) is 5.57. The third-order valence-electron chi connectivity index (χ3n) is 4.10. The molecule has 1 atom stereocenters. The van der Waals surface area contributed by atoms with Crippen molar-refractivity contribution >= 4 is 22.4 Å². The average Bonchev–Trinajstić information content (AvgIpc) is 3.08. The Hall–Kier alpha value is -1.90. The van der Waals surface area contributed by atoms with E-state index in [4.69, 9.17) is 0 Å². The Labute approximate surface area is 139 Å². The molecule has 0 aromatic carbocycles. The van der Waals surface area contributed by atoms with Gasteiger partial charge in [0, 0.05) is 44.6 Å². The van der Waals surface area contributed by atoms with E-state index in [2.05, 4.69) is 43.3 Å². The minimum Gasteiger partial charge on any atom is -0.299 e. The highest BCUT2D eigenvalue weighted by Gasteiger charge is 2.23. The number of nitrogens with one attached hydrogen (secondary N) is 1. The fraction of sp³-hybridized carbons (Fsp3) is 0.467. The lowest BCUT2D eigenvalue weighted by Crippen LogP contribution is -2.49. The zero-order valence-electron chi connectivity index (χ0n) is 13.1. The minimum atomic E-state index is -0.0319. The lowest BCUT2D eigenvalue weighted by Gasteiger charge is -2.37. The first-order valence-electron chi connectivity index (χ1n) is 7.65. The van der Waals surface area contributed by atoms with E-state index in [1.807, 2.05) is 12.3 Å². The van der Waals surface area contributed by atoms with E-state index in [-0.39, 0.29) is 5.91 Å². The van der Waals surface area contributed by atoms with Gasteiger partial charge in [0.05, 0.1) is 6.54 Å². The fourth-order valence-corrected chi connectivity index (χ4v) is 3.19. The van der Waals surface area contributed by atoms with Gasteiger partial charge in [0.15, 0.2) is 0 Å². The molecule has 0 saturated carbocycles. The van der Waals surface area contributed by atoms with Crippen molar-refractivity contribution in [1.29, 1.82) is 0 Å². The first kappa shape index (κ1) is 16.0. The summed E-state index contributed by atoms with van der Waals surface area (Å²) >= 11 is 1.33. The Morgan fingerprint density at radius 2 is 2.22 bits per heavy atom. The molecule has 3 heterocycles. The molecular weight excluding hydrogens is 312 g/mol. The lowest BCUT2D eigenvalue weighted by molar-refractivity contribution is -0.117. The van der Waals surface area contributed by atoms with Crippen LogP contribution < -0.4 is 5.32 Å². The van der Waals surface area contributed by atoms with Crippen LogP contribution in [0.1, 0.15) is 18.5 Å². The summed E-state index contributed by atoms with van der Waals surface area (Å²) in [6, 6.07) is 4.43. The van der Waals surface area contributed by atoms with Crippen molar-refractivity contribution in [3.8, 4) is 0 Å². The zero-order valence-corrected chi connectivity index (χ0v) is 13.9. The molecule has 0 bridgehead atoms. The van der Waals surface area contributed by atoms with Crippen LogP contribution in [0.15, 0.2) is 30.0 Å². The quantitative estimate of drug-likeness (QED) is 0.888. The Kier molecular flexibility index (Phi) is 5.27. The zero-order chi connectivity index (χ0) is 16.1. The van der Waals surface area contributed by atoms with Crippen LogP contribution in [0.3, 0.4) is 0 Å². The summed E-state index contributed by atoms with van der Waals surface area (Å²) < 4.78 is 0. The molecule has 23 heavy (non-hydrogen) atoms. The predicted molar refractivity (Wildman–Crippen MR) is 89.2 cm³/mol. The molecular formula is C15H20N6OS. The van der Waals surface area contributed by atoms with Crippen molar-refractivity contribution in [3.05, 3.63) is 35.6 Å². The van der Waals surface area contributed by atoms with Gasteiger partial charge >= 0.3 is 0 Å². The molecule has 1 aliphatic heterocycles. The van der Waals surface area contributed by atoms with Gasteiger partial charge in [0.25, 0.3) is 0 Å². The number of nitrogens with zero attached hydrogens (tertiary/aromatic N) is 5. The van der Waals surface area contributed by atoms with Gasteiger partial charge in [0.2, 0.25) is 11.0 Å². The van der Waals surface area contributed by atoms with Crippen LogP contribution in [0.25, 0.3) is 0 Å². The molecule has 0 spiro atoms. The largest absolute Gasteiger partial charge is 0.299 e. The van der Waals surface area contributed by atoms with Gasteiger partial charge in [-0.05, 0) is 18.6 Å². The smallest absolute Gasteiger partial charge is 0.240 e. The van der Waals surface area contributed by atoms with Gasteiger partial charge in [0.1, 0.15) is 5.51 Å². The Morgan fingerprint density at radius 1 is 1.39 bits per heavy atom. The van der Waals surface area contributed by atoms with Crippen molar-refractivity contribution < 1.29 is 4.79 Å². The first-order chi connectivity index (χ1) is 11.2. The number of amides is 1. The van der Waals surface area contributed by atoms with Crippen LogP contribution in [0.4, 0.5) is 5.13 Å². The van der Waals surface area contributed by atoms with Gasteiger partial charge in [-0.1, -0.05) is 17.4 Å². The molecule has 8 heteroatoms. The highest BCUT2D eigenvalue weighted by atomic mass is 32.1. The summed E-state index contributed by atoms with van der Waals surface area (Å²) in [5.41, 5.74) is 2.84. The highest BCUT2D eigenvalue weighted by Crippen LogP contribution is 2.20. The number of hydrogen-bond acceptors (Lipinski definition) is 7. The maximum absolute atomic E-state index is 12.0. The number of aromatic nitrogens is 3. The molecule has 1 amide bonds. The van der Waals surface area contributed by atoms with Gasteiger partial charge in [-0.3, -0.25) is 24.9 Å². The summed E-state index contributed by atoms with van der Waals surface area (Å²) in [7, 11) is 0. The standard InChI is InChI=1S/C15H20N6OS/c1-12(13-3-2-4-16-9-13)21-7-5-20(6-8-21)10-14(22)18-15-19-17-11-23-15/h2-4,9,11-12H,5-8,10H2,1H3,(H,18,19,22)/t12-/m0/s1. The molecule has 7 nitrogen and oxygen atoms in total. The summed E-state index contributed by atoms with van der Waals surface area (Å²) in [6.07, 6.45) is 3.72. The molecule has 0 aliphatic carbocycles. The fourth-order valence-electron chi connectivity index (χ4n) is 2.73. The monoisotopic (exact) mass is 332 g/mol. The molecule has 1 aliphatic rings. The maximum atomic E-state index is 12.0. The topological polar surface area (TPSA) is 74.2 Å². The van der Waals surface area contributed by atoms with E-state index in [0.717, 1.165) is 26.2 Å². The van der Waals surface area contributed by atoms with E-state index in [1.54, 1.807) is 11.7 Å². The minimum absolute atomic E-state index is 0.0319. The summed E-state index contributed by atoms with van der Waals surface area (Å²) in [5.74, 6) is -0.0319.